The lowest BCUT2D eigenvalue weighted by atomic mass is 10.1. The summed E-state index contributed by atoms with van der Waals surface area (Å²) in [4.78, 5) is 36.1. The number of aryl methyl sites for hydroxylation is 2. The summed E-state index contributed by atoms with van der Waals surface area (Å²) in [5, 5.41) is 3.92. The van der Waals surface area contributed by atoms with E-state index in [-0.39, 0.29) is 17.9 Å². The van der Waals surface area contributed by atoms with Crippen LogP contribution in [0, 0.1) is 13.8 Å². The first-order valence-electron chi connectivity index (χ1n) is 11.6. The van der Waals surface area contributed by atoms with Crippen LogP contribution in [0.4, 0.5) is 5.69 Å². The van der Waals surface area contributed by atoms with Crippen molar-refractivity contribution in [3.05, 3.63) is 64.3 Å². The van der Waals surface area contributed by atoms with Crippen molar-refractivity contribution in [1.29, 1.82) is 0 Å². The van der Waals surface area contributed by atoms with E-state index < -0.39 is 0 Å². The molecule has 0 spiro atoms. The van der Waals surface area contributed by atoms with Crippen LogP contribution in [0.3, 0.4) is 0 Å². The number of nitrogens with zero attached hydrogens (tertiary/aromatic N) is 3. The van der Waals surface area contributed by atoms with Crippen LogP contribution in [0.1, 0.15) is 31.4 Å². The number of hydrogen-bond acceptors (Lipinski definition) is 7. The molecule has 1 fully saturated rings. The first kappa shape index (κ1) is 23.7. The second-order valence-corrected chi connectivity index (χ2v) is 11.0. The second kappa shape index (κ2) is 9.91. The van der Waals surface area contributed by atoms with Gasteiger partial charge in [0, 0.05) is 19.3 Å². The molecule has 1 saturated heterocycles. The summed E-state index contributed by atoms with van der Waals surface area (Å²) in [6.45, 7) is 5.69. The second-order valence-electron chi connectivity index (χ2n) is 8.84. The fourth-order valence-corrected chi connectivity index (χ4v) is 6.60. The van der Waals surface area contributed by atoms with Crippen molar-refractivity contribution < 1.29 is 14.3 Å². The molecular weight excluding hydrogens is 480 g/mol. The lowest BCUT2D eigenvalue weighted by Crippen LogP contribution is -2.45. The van der Waals surface area contributed by atoms with E-state index in [1.807, 2.05) is 67.1 Å². The van der Waals surface area contributed by atoms with E-state index >= 15 is 0 Å². The lowest BCUT2D eigenvalue weighted by molar-refractivity contribution is 0.0732. The number of benzene rings is 2. The summed E-state index contributed by atoms with van der Waals surface area (Å²) in [6, 6.07) is 13.6. The minimum absolute atomic E-state index is 0.0830. The van der Waals surface area contributed by atoms with Crippen molar-refractivity contribution in [3.63, 3.8) is 0 Å². The van der Waals surface area contributed by atoms with E-state index in [0.717, 1.165) is 44.7 Å². The molecule has 1 aromatic heterocycles. The topological polar surface area (TPSA) is 74.8 Å². The zero-order valence-corrected chi connectivity index (χ0v) is 21.7. The maximum atomic E-state index is 13.6. The number of anilines is 1. The van der Waals surface area contributed by atoms with E-state index in [1.54, 1.807) is 23.1 Å². The van der Waals surface area contributed by atoms with Gasteiger partial charge in [0.15, 0.2) is 0 Å². The summed E-state index contributed by atoms with van der Waals surface area (Å²) >= 11 is 3.24. The number of hydrogen-bond donors (Lipinski definition) is 1. The molecule has 0 unspecified atom stereocenters. The molecule has 0 saturated carbocycles. The van der Waals surface area contributed by atoms with Crippen LogP contribution in [0.25, 0.3) is 10.4 Å². The smallest absolute Gasteiger partial charge is 0.275 e. The summed E-state index contributed by atoms with van der Waals surface area (Å²) in [7, 11) is 1.97. The molecule has 0 aliphatic carbocycles. The molecule has 5 rings (SSSR count). The third-order valence-electron chi connectivity index (χ3n) is 6.27. The van der Waals surface area contributed by atoms with Crippen LogP contribution < -0.4 is 15.0 Å². The van der Waals surface area contributed by atoms with Gasteiger partial charge in [-0.2, -0.15) is 0 Å². The van der Waals surface area contributed by atoms with Crippen molar-refractivity contribution in [2.75, 3.05) is 43.3 Å². The van der Waals surface area contributed by atoms with Crippen LogP contribution in [-0.2, 0) is 0 Å². The fourth-order valence-electron chi connectivity index (χ4n) is 4.49. The molecule has 0 radical (unpaired) electrons. The number of nitrogens with one attached hydrogen (secondary N) is 1. The van der Waals surface area contributed by atoms with Gasteiger partial charge in [0.1, 0.15) is 18.1 Å². The minimum atomic E-state index is -0.159. The van der Waals surface area contributed by atoms with Crippen molar-refractivity contribution in [2.24, 2.45) is 0 Å². The van der Waals surface area contributed by atoms with Crippen molar-refractivity contribution in [3.8, 4) is 16.2 Å². The number of para-hydroxylation sites is 1. The number of fused-ring (bicyclic) bond motifs is 1. The van der Waals surface area contributed by atoms with E-state index in [9.17, 15) is 9.59 Å². The molecule has 3 aromatic rings. The largest absolute Gasteiger partial charge is 0.490 e. The Morgan fingerprint density at radius 1 is 1.20 bits per heavy atom. The number of likely N-dealkylation sites (N-methyl/N-ethyl adjacent to an activating group) is 1. The van der Waals surface area contributed by atoms with Gasteiger partial charge in [-0.25, -0.2) is 4.98 Å². The Kier molecular flexibility index (Phi) is 6.71. The minimum Gasteiger partial charge on any atom is -0.490 e. The SMILES string of the molecule is Cc1cccc(-c2sc(C)nc2C(=O)N2CSC[C@H]2CNC(=O)c2cccc3c2N(C)CCO3)c1. The Labute approximate surface area is 213 Å². The van der Waals surface area contributed by atoms with Crippen LogP contribution >= 0.6 is 23.1 Å². The molecule has 35 heavy (non-hydrogen) atoms. The molecule has 182 valence electrons. The number of thioether (sulfide) groups is 1. The Morgan fingerprint density at radius 3 is 2.86 bits per heavy atom. The molecule has 1 atom stereocenters. The monoisotopic (exact) mass is 508 g/mol. The number of thiazole rings is 1. The Balaban J connectivity index is 1.32. The molecule has 9 heteroatoms. The Bertz CT molecular complexity index is 1280. The number of amides is 2. The zero-order valence-electron chi connectivity index (χ0n) is 20.0. The van der Waals surface area contributed by atoms with Gasteiger partial charge in [0.25, 0.3) is 11.8 Å². The molecule has 3 heterocycles. The van der Waals surface area contributed by atoms with Crippen molar-refractivity contribution in [2.45, 2.75) is 19.9 Å². The fraction of sp³-hybridized carbons (Fsp3) is 0.346. The molecular formula is C26H28N4O3S2. The van der Waals surface area contributed by atoms with E-state index in [1.165, 1.54) is 0 Å². The molecule has 1 N–H and O–H groups in total. The highest BCUT2D eigenvalue weighted by atomic mass is 32.2. The van der Waals surface area contributed by atoms with Gasteiger partial charge in [0.05, 0.1) is 39.6 Å². The number of ether oxygens (including phenoxy) is 1. The zero-order chi connectivity index (χ0) is 24.5. The molecule has 0 bridgehead atoms. The first-order valence-corrected chi connectivity index (χ1v) is 13.6. The highest BCUT2D eigenvalue weighted by Gasteiger charge is 2.33. The number of carbonyl (C=O) groups excluding carboxylic acids is 2. The predicted octanol–water partition coefficient (Wildman–Crippen LogP) is 4.20. The summed E-state index contributed by atoms with van der Waals surface area (Å²) in [5.41, 5.74) is 4.04. The van der Waals surface area contributed by atoms with Gasteiger partial charge in [-0.1, -0.05) is 35.9 Å². The molecule has 2 amide bonds. The quantitative estimate of drug-likeness (QED) is 0.557. The predicted molar refractivity (Wildman–Crippen MR) is 142 cm³/mol. The summed E-state index contributed by atoms with van der Waals surface area (Å²) in [6.07, 6.45) is 0. The average molecular weight is 509 g/mol. The molecule has 2 aliphatic rings. The van der Waals surface area contributed by atoms with Crippen LogP contribution in [-0.4, -0.2) is 66.1 Å². The van der Waals surface area contributed by atoms with E-state index in [4.69, 9.17) is 4.74 Å². The van der Waals surface area contributed by atoms with E-state index in [0.29, 0.717) is 30.3 Å². The maximum absolute atomic E-state index is 13.6. The Morgan fingerprint density at radius 2 is 2.03 bits per heavy atom. The van der Waals surface area contributed by atoms with Gasteiger partial charge in [-0.3, -0.25) is 9.59 Å². The third kappa shape index (κ3) is 4.75. The number of aromatic nitrogens is 1. The van der Waals surface area contributed by atoms with Crippen molar-refractivity contribution >= 4 is 40.6 Å². The Hall–Kier alpha value is -3.04. The normalized spacial score (nSPS) is 17.2. The van der Waals surface area contributed by atoms with Gasteiger partial charge in [-0.05, 0) is 31.5 Å². The van der Waals surface area contributed by atoms with Crippen LogP contribution in [0.5, 0.6) is 5.75 Å². The summed E-state index contributed by atoms with van der Waals surface area (Å²) in [5.74, 6) is 1.83. The average Bonchev–Trinajstić information content (AvgIpc) is 3.48. The number of rotatable bonds is 5. The maximum Gasteiger partial charge on any atom is 0.275 e. The standard InChI is InChI=1S/C26H28N4O3S2/c1-16-6-4-7-18(12-16)24-22(28-17(2)35-24)26(32)30-15-34-14-19(30)13-27-25(31)20-8-5-9-21-23(20)29(3)10-11-33-21/h4-9,12,19H,10-11,13-15H2,1-3H3,(H,27,31)/t19-/m1/s1. The first-order chi connectivity index (χ1) is 16.9. The van der Waals surface area contributed by atoms with Gasteiger partial charge in [-0.15, -0.1) is 23.1 Å². The molecule has 2 aliphatic heterocycles. The third-order valence-corrected chi connectivity index (χ3v) is 8.37. The van der Waals surface area contributed by atoms with Crippen LogP contribution in [0.2, 0.25) is 0 Å². The number of carbonyl (C=O) groups is 2. The highest BCUT2D eigenvalue weighted by Crippen LogP contribution is 2.35. The lowest BCUT2D eigenvalue weighted by Gasteiger charge is -2.29. The molecule has 2 aromatic carbocycles. The van der Waals surface area contributed by atoms with Crippen molar-refractivity contribution in [1.82, 2.24) is 15.2 Å². The van der Waals surface area contributed by atoms with E-state index in [2.05, 4.69) is 16.4 Å². The van der Waals surface area contributed by atoms with Crippen LogP contribution in [0.15, 0.2) is 42.5 Å². The van der Waals surface area contributed by atoms with Gasteiger partial charge >= 0.3 is 0 Å². The highest BCUT2D eigenvalue weighted by molar-refractivity contribution is 7.99. The van der Waals surface area contributed by atoms with Gasteiger partial charge < -0.3 is 19.9 Å². The molecule has 7 nitrogen and oxygen atoms in total. The summed E-state index contributed by atoms with van der Waals surface area (Å²) < 4.78 is 5.73. The van der Waals surface area contributed by atoms with Gasteiger partial charge in [0.2, 0.25) is 0 Å².